The molecule has 0 amide bonds. The molecule has 3 fully saturated rings. The van der Waals surface area contributed by atoms with E-state index in [0.29, 0.717) is 31.6 Å². The summed E-state index contributed by atoms with van der Waals surface area (Å²) < 4.78 is 85.9. The fourth-order valence-corrected chi connectivity index (χ4v) is 6.63. The normalized spacial score (nSPS) is 38.2. The van der Waals surface area contributed by atoms with Crippen molar-refractivity contribution in [2.45, 2.75) is 64.4 Å². The molecule has 0 N–H and O–H groups in total. The largest absolute Gasteiger partial charge is 0.440 e. The van der Waals surface area contributed by atoms with Gasteiger partial charge in [-0.1, -0.05) is 19.1 Å². The van der Waals surface area contributed by atoms with E-state index in [1.807, 2.05) is 19.1 Å². The summed E-state index contributed by atoms with van der Waals surface area (Å²) >= 11 is 0. The molecule has 3 aliphatic rings. The second-order valence-corrected chi connectivity index (χ2v) is 8.83. The van der Waals surface area contributed by atoms with Gasteiger partial charge in [-0.05, 0) is 67.6 Å². The standard InChI is InChI=1S/C20H26F6O2/c1-4-5-12-6-10(2)16-13-7-14(15(8-13)17(12)16)9-18(19(21,22)23,20(24,25)26)28-11(3)27/h4-5,10,12-17H,6-9H2,1-3H3. The van der Waals surface area contributed by atoms with Crippen molar-refractivity contribution >= 4 is 5.97 Å². The number of esters is 1. The van der Waals surface area contributed by atoms with E-state index in [1.165, 1.54) is 0 Å². The Bertz CT molecular complexity index is 624. The quantitative estimate of drug-likeness (QED) is 0.325. The molecule has 0 heterocycles. The zero-order valence-electron chi connectivity index (χ0n) is 16.1. The lowest BCUT2D eigenvalue weighted by atomic mass is 9.68. The van der Waals surface area contributed by atoms with Crippen LogP contribution in [0.2, 0.25) is 0 Å². The SMILES string of the molecule is CC=CC1CC(C)C2C3CC(CC(OC(C)=O)(C(F)(F)F)C(F)(F)F)C(C3)C12. The molecule has 7 atom stereocenters. The minimum atomic E-state index is -5.72. The van der Waals surface area contributed by atoms with Gasteiger partial charge >= 0.3 is 23.9 Å². The molecule has 160 valence electrons. The second-order valence-electron chi connectivity index (χ2n) is 8.83. The third-order valence-corrected chi connectivity index (χ3v) is 7.29. The zero-order chi connectivity index (χ0) is 21.1. The van der Waals surface area contributed by atoms with Gasteiger partial charge in [0.15, 0.2) is 0 Å². The summed E-state index contributed by atoms with van der Waals surface area (Å²) in [6.45, 7) is 4.59. The summed E-state index contributed by atoms with van der Waals surface area (Å²) in [7, 11) is 0. The summed E-state index contributed by atoms with van der Waals surface area (Å²) in [5.41, 5.74) is -4.43. The van der Waals surface area contributed by atoms with Crippen molar-refractivity contribution in [1.29, 1.82) is 0 Å². The molecule has 2 bridgehead atoms. The van der Waals surface area contributed by atoms with Crippen molar-refractivity contribution in [3.63, 3.8) is 0 Å². The summed E-state index contributed by atoms with van der Waals surface area (Å²) in [5, 5.41) is 0. The lowest BCUT2D eigenvalue weighted by molar-refractivity contribution is -0.374. The Balaban J connectivity index is 1.92. The highest BCUT2D eigenvalue weighted by atomic mass is 19.4. The Morgan fingerprint density at radius 3 is 2.14 bits per heavy atom. The highest BCUT2D eigenvalue weighted by molar-refractivity contribution is 5.66. The molecule has 0 spiro atoms. The van der Waals surface area contributed by atoms with E-state index < -0.39 is 36.3 Å². The number of carbonyl (C=O) groups is 1. The molecule has 8 heteroatoms. The molecule has 3 rings (SSSR count). The van der Waals surface area contributed by atoms with Gasteiger partial charge in [-0.15, -0.1) is 0 Å². The monoisotopic (exact) mass is 412 g/mol. The number of hydrogen-bond donors (Lipinski definition) is 0. The number of allylic oxidation sites excluding steroid dienone is 2. The van der Waals surface area contributed by atoms with Crippen LogP contribution in [0.25, 0.3) is 0 Å². The first kappa shape index (κ1) is 21.5. The molecule has 3 aliphatic carbocycles. The fraction of sp³-hybridized carbons (Fsp3) is 0.850. The predicted octanol–water partition coefficient (Wildman–Crippen LogP) is 5.92. The van der Waals surface area contributed by atoms with Crippen LogP contribution in [-0.4, -0.2) is 23.9 Å². The highest BCUT2D eigenvalue weighted by Crippen LogP contribution is 2.67. The average Bonchev–Trinajstić information content (AvgIpc) is 3.16. The molecular formula is C20H26F6O2. The lowest BCUT2D eigenvalue weighted by Gasteiger charge is -2.42. The van der Waals surface area contributed by atoms with Crippen LogP contribution >= 0.6 is 0 Å². The third kappa shape index (κ3) is 3.24. The van der Waals surface area contributed by atoms with Gasteiger partial charge < -0.3 is 4.74 Å². The van der Waals surface area contributed by atoms with Gasteiger partial charge in [-0.3, -0.25) is 4.79 Å². The van der Waals surface area contributed by atoms with E-state index in [1.54, 1.807) is 0 Å². The molecule has 2 nitrogen and oxygen atoms in total. The number of hydrogen-bond acceptors (Lipinski definition) is 2. The fourth-order valence-electron chi connectivity index (χ4n) is 6.63. The van der Waals surface area contributed by atoms with Crippen LogP contribution in [0.1, 0.15) is 46.5 Å². The topological polar surface area (TPSA) is 26.3 Å². The summed E-state index contributed by atoms with van der Waals surface area (Å²) in [6.07, 6.45) is -6.78. The molecule has 0 aromatic rings. The minimum absolute atomic E-state index is 0.117. The van der Waals surface area contributed by atoms with Gasteiger partial charge in [0.1, 0.15) is 0 Å². The smallest absolute Gasteiger partial charge is 0.437 e. The van der Waals surface area contributed by atoms with Crippen molar-refractivity contribution in [3.8, 4) is 0 Å². The predicted molar refractivity (Wildman–Crippen MR) is 90.0 cm³/mol. The molecule has 0 saturated heterocycles. The van der Waals surface area contributed by atoms with Crippen LogP contribution in [-0.2, 0) is 9.53 Å². The van der Waals surface area contributed by atoms with Gasteiger partial charge in [-0.25, -0.2) is 0 Å². The van der Waals surface area contributed by atoms with Gasteiger partial charge in [0.05, 0.1) is 0 Å². The molecule has 7 unspecified atom stereocenters. The number of carbonyl (C=O) groups excluding carboxylic acids is 1. The van der Waals surface area contributed by atoms with Gasteiger partial charge in [0.25, 0.3) is 0 Å². The Hall–Kier alpha value is -1.21. The van der Waals surface area contributed by atoms with E-state index in [-0.39, 0.29) is 23.7 Å². The van der Waals surface area contributed by atoms with E-state index in [9.17, 15) is 31.1 Å². The molecular weight excluding hydrogens is 386 g/mol. The number of ether oxygens (including phenoxy) is 1. The Labute approximate surface area is 160 Å². The molecule has 0 radical (unpaired) electrons. The third-order valence-electron chi connectivity index (χ3n) is 7.29. The van der Waals surface area contributed by atoms with E-state index in [0.717, 1.165) is 6.42 Å². The maximum Gasteiger partial charge on any atom is 0.437 e. The Morgan fingerprint density at radius 2 is 1.64 bits per heavy atom. The van der Waals surface area contributed by atoms with Crippen LogP contribution in [0.15, 0.2) is 12.2 Å². The van der Waals surface area contributed by atoms with Crippen molar-refractivity contribution < 1.29 is 35.9 Å². The van der Waals surface area contributed by atoms with Crippen molar-refractivity contribution in [1.82, 2.24) is 0 Å². The number of alkyl halides is 6. The lowest BCUT2D eigenvalue weighted by Crippen LogP contribution is -2.60. The first-order valence-corrected chi connectivity index (χ1v) is 9.78. The van der Waals surface area contributed by atoms with E-state index in [4.69, 9.17) is 0 Å². The molecule has 3 saturated carbocycles. The van der Waals surface area contributed by atoms with Crippen LogP contribution in [0, 0.1) is 41.4 Å². The summed E-state index contributed by atoms with van der Waals surface area (Å²) in [5.74, 6) is -1.27. The van der Waals surface area contributed by atoms with Crippen molar-refractivity contribution in [2.24, 2.45) is 41.4 Å². The average molecular weight is 412 g/mol. The Kier molecular flexibility index (Phi) is 5.33. The maximum absolute atomic E-state index is 13.6. The summed E-state index contributed by atoms with van der Waals surface area (Å²) in [4.78, 5) is 11.2. The first-order chi connectivity index (χ1) is 12.8. The minimum Gasteiger partial charge on any atom is -0.440 e. The van der Waals surface area contributed by atoms with Crippen molar-refractivity contribution in [3.05, 3.63) is 12.2 Å². The molecule has 0 aliphatic heterocycles. The van der Waals surface area contributed by atoms with Crippen LogP contribution in [0.4, 0.5) is 26.3 Å². The number of halogens is 6. The summed E-state index contributed by atoms with van der Waals surface area (Å²) in [6, 6.07) is 0. The van der Waals surface area contributed by atoms with E-state index >= 15 is 0 Å². The van der Waals surface area contributed by atoms with Gasteiger partial charge in [0, 0.05) is 13.3 Å². The Morgan fingerprint density at radius 1 is 1.04 bits per heavy atom. The van der Waals surface area contributed by atoms with Crippen LogP contribution in [0.3, 0.4) is 0 Å². The molecule has 0 aromatic heterocycles. The zero-order valence-corrected chi connectivity index (χ0v) is 16.1. The van der Waals surface area contributed by atoms with Gasteiger partial charge in [-0.2, -0.15) is 26.3 Å². The maximum atomic E-state index is 13.6. The van der Waals surface area contributed by atoms with Crippen LogP contribution < -0.4 is 0 Å². The second kappa shape index (κ2) is 6.94. The number of rotatable bonds is 4. The molecule has 28 heavy (non-hydrogen) atoms. The first-order valence-electron chi connectivity index (χ1n) is 9.78. The van der Waals surface area contributed by atoms with E-state index in [2.05, 4.69) is 11.7 Å². The van der Waals surface area contributed by atoms with Crippen molar-refractivity contribution in [2.75, 3.05) is 0 Å². The van der Waals surface area contributed by atoms with Gasteiger partial charge in [0.2, 0.25) is 0 Å². The van der Waals surface area contributed by atoms with Crippen LogP contribution in [0.5, 0.6) is 0 Å². The molecule has 0 aromatic carbocycles. The number of fused-ring (bicyclic) bond motifs is 5. The highest BCUT2D eigenvalue weighted by Gasteiger charge is 2.75.